The van der Waals surface area contributed by atoms with Crippen molar-refractivity contribution >= 4 is 17.5 Å². The zero-order valence-electron chi connectivity index (χ0n) is 9.33. The van der Waals surface area contributed by atoms with Gasteiger partial charge in [-0.2, -0.15) is 10.2 Å². The van der Waals surface area contributed by atoms with Gasteiger partial charge in [0.05, 0.1) is 11.6 Å². The number of nitrogen functional groups attached to an aromatic ring is 1. The number of benzene rings is 1. The molecule has 5 heteroatoms. The zero-order chi connectivity index (χ0) is 12.3. The molecule has 0 radical (unpaired) electrons. The van der Waals surface area contributed by atoms with Gasteiger partial charge in [0.2, 0.25) is 5.95 Å². The molecule has 1 aromatic carbocycles. The van der Waals surface area contributed by atoms with E-state index >= 15 is 0 Å². The van der Waals surface area contributed by atoms with Crippen LogP contribution in [-0.2, 0) is 0 Å². The highest BCUT2D eigenvalue weighted by Crippen LogP contribution is 2.21. The topological polar surface area (TPSA) is 78.8 Å². The normalized spacial score (nSPS) is 9.65. The van der Waals surface area contributed by atoms with Gasteiger partial charge in [-0.25, -0.2) is 4.98 Å². The van der Waals surface area contributed by atoms with Crippen molar-refractivity contribution in [2.24, 2.45) is 0 Å². The van der Waals surface area contributed by atoms with Crippen LogP contribution in [0.15, 0.2) is 36.5 Å². The molecule has 0 atom stereocenters. The second-order valence-electron chi connectivity index (χ2n) is 3.49. The number of hydrogen-bond acceptors (Lipinski definition) is 5. The third-order valence-electron chi connectivity index (χ3n) is 2.39. The number of nitrogens with zero attached hydrogens (tertiary/aromatic N) is 4. The van der Waals surface area contributed by atoms with Gasteiger partial charge in [0.25, 0.3) is 0 Å². The molecule has 0 spiro atoms. The largest absolute Gasteiger partial charge is 0.368 e. The van der Waals surface area contributed by atoms with Gasteiger partial charge in [-0.3, -0.25) is 0 Å². The summed E-state index contributed by atoms with van der Waals surface area (Å²) in [7, 11) is 1.88. The van der Waals surface area contributed by atoms with Crippen molar-refractivity contribution in [3.63, 3.8) is 0 Å². The summed E-state index contributed by atoms with van der Waals surface area (Å²) >= 11 is 0. The molecule has 0 unspecified atom stereocenters. The Kier molecular flexibility index (Phi) is 2.88. The SMILES string of the molecule is CN(c1ccc(C#N)cc1)c1ccnc(N)n1. The molecule has 17 heavy (non-hydrogen) atoms. The first-order valence-corrected chi connectivity index (χ1v) is 5.03. The van der Waals surface area contributed by atoms with Crippen molar-refractivity contribution in [1.29, 1.82) is 5.26 Å². The van der Waals surface area contributed by atoms with E-state index in [0.717, 1.165) is 5.69 Å². The van der Waals surface area contributed by atoms with Crippen LogP contribution < -0.4 is 10.6 Å². The van der Waals surface area contributed by atoms with Gasteiger partial charge < -0.3 is 10.6 Å². The molecule has 1 heterocycles. The van der Waals surface area contributed by atoms with Crippen LogP contribution in [0.3, 0.4) is 0 Å². The summed E-state index contributed by atoms with van der Waals surface area (Å²) < 4.78 is 0. The second kappa shape index (κ2) is 4.49. The van der Waals surface area contributed by atoms with Gasteiger partial charge in [-0.05, 0) is 30.3 Å². The lowest BCUT2D eigenvalue weighted by Gasteiger charge is -2.18. The van der Waals surface area contributed by atoms with E-state index in [1.165, 1.54) is 0 Å². The Morgan fingerprint density at radius 1 is 1.24 bits per heavy atom. The summed E-state index contributed by atoms with van der Waals surface area (Å²) in [6, 6.07) is 11.1. The van der Waals surface area contributed by atoms with Crippen molar-refractivity contribution in [3.8, 4) is 6.07 Å². The average Bonchev–Trinajstić information content (AvgIpc) is 2.38. The van der Waals surface area contributed by atoms with Crippen LogP contribution in [0.4, 0.5) is 17.5 Å². The molecule has 2 aromatic rings. The van der Waals surface area contributed by atoms with E-state index < -0.39 is 0 Å². The van der Waals surface area contributed by atoms with E-state index in [1.54, 1.807) is 24.4 Å². The lowest BCUT2D eigenvalue weighted by Crippen LogP contribution is -2.12. The predicted octanol–water partition coefficient (Wildman–Crippen LogP) is 1.70. The molecule has 2 N–H and O–H groups in total. The number of aromatic nitrogens is 2. The van der Waals surface area contributed by atoms with Crippen molar-refractivity contribution in [3.05, 3.63) is 42.1 Å². The second-order valence-corrected chi connectivity index (χ2v) is 3.49. The highest BCUT2D eigenvalue weighted by atomic mass is 15.2. The summed E-state index contributed by atoms with van der Waals surface area (Å²) in [4.78, 5) is 9.83. The van der Waals surface area contributed by atoms with E-state index in [0.29, 0.717) is 11.4 Å². The van der Waals surface area contributed by atoms with Gasteiger partial charge in [0.1, 0.15) is 5.82 Å². The fourth-order valence-corrected chi connectivity index (χ4v) is 1.44. The Hall–Kier alpha value is -2.61. The Morgan fingerprint density at radius 2 is 1.94 bits per heavy atom. The number of anilines is 3. The maximum atomic E-state index is 8.72. The summed E-state index contributed by atoms with van der Waals surface area (Å²) in [5.74, 6) is 0.949. The fourth-order valence-electron chi connectivity index (χ4n) is 1.44. The first kappa shape index (κ1) is 10.9. The highest BCUT2D eigenvalue weighted by Gasteiger charge is 2.05. The zero-order valence-corrected chi connectivity index (χ0v) is 9.33. The molecule has 0 bridgehead atoms. The molecule has 2 rings (SSSR count). The van der Waals surface area contributed by atoms with Gasteiger partial charge >= 0.3 is 0 Å². The van der Waals surface area contributed by atoms with Crippen molar-refractivity contribution in [2.75, 3.05) is 17.7 Å². The van der Waals surface area contributed by atoms with Gasteiger partial charge in [0, 0.05) is 18.9 Å². The maximum Gasteiger partial charge on any atom is 0.221 e. The Bertz CT molecular complexity index is 556. The summed E-state index contributed by atoms with van der Waals surface area (Å²) in [5.41, 5.74) is 7.09. The molecular formula is C12H11N5. The fraction of sp³-hybridized carbons (Fsp3) is 0.0833. The van der Waals surface area contributed by atoms with Crippen LogP contribution in [0.5, 0.6) is 0 Å². The quantitative estimate of drug-likeness (QED) is 0.841. The van der Waals surface area contributed by atoms with Crippen LogP contribution in [0.2, 0.25) is 0 Å². The third kappa shape index (κ3) is 2.32. The number of nitriles is 1. The van der Waals surface area contributed by atoms with Crippen LogP contribution in [0, 0.1) is 11.3 Å². The molecule has 0 aliphatic rings. The molecule has 0 saturated carbocycles. The minimum atomic E-state index is 0.239. The minimum Gasteiger partial charge on any atom is -0.368 e. The Morgan fingerprint density at radius 3 is 2.53 bits per heavy atom. The first-order chi connectivity index (χ1) is 8.20. The molecule has 0 aliphatic carbocycles. The molecule has 5 nitrogen and oxygen atoms in total. The lowest BCUT2D eigenvalue weighted by molar-refractivity contribution is 1.09. The molecule has 0 saturated heterocycles. The molecular weight excluding hydrogens is 214 g/mol. The van der Waals surface area contributed by atoms with Crippen LogP contribution in [-0.4, -0.2) is 17.0 Å². The molecule has 84 valence electrons. The third-order valence-corrected chi connectivity index (χ3v) is 2.39. The summed E-state index contributed by atoms with van der Waals surface area (Å²) in [5, 5.41) is 8.72. The number of rotatable bonds is 2. The van der Waals surface area contributed by atoms with Crippen molar-refractivity contribution in [2.45, 2.75) is 0 Å². The molecule has 0 aliphatic heterocycles. The van der Waals surface area contributed by atoms with Crippen LogP contribution in [0.25, 0.3) is 0 Å². The summed E-state index contributed by atoms with van der Waals surface area (Å²) in [6.07, 6.45) is 1.61. The van der Waals surface area contributed by atoms with E-state index in [2.05, 4.69) is 16.0 Å². The minimum absolute atomic E-state index is 0.239. The van der Waals surface area contributed by atoms with Gasteiger partial charge in [-0.1, -0.05) is 0 Å². The predicted molar refractivity (Wildman–Crippen MR) is 65.7 cm³/mol. The first-order valence-electron chi connectivity index (χ1n) is 5.03. The van der Waals surface area contributed by atoms with E-state index in [1.807, 2.05) is 24.1 Å². The van der Waals surface area contributed by atoms with E-state index in [9.17, 15) is 0 Å². The molecule has 0 fully saturated rings. The summed E-state index contributed by atoms with van der Waals surface area (Å²) in [6.45, 7) is 0. The number of hydrogen-bond donors (Lipinski definition) is 1. The Labute approximate surface area is 99.1 Å². The van der Waals surface area contributed by atoms with Crippen LogP contribution in [0.1, 0.15) is 5.56 Å². The van der Waals surface area contributed by atoms with E-state index in [-0.39, 0.29) is 5.95 Å². The standard InChI is InChI=1S/C12H11N5/c1-17(11-6-7-15-12(14)16-11)10-4-2-9(8-13)3-5-10/h2-7H,1H3,(H2,14,15,16). The van der Waals surface area contributed by atoms with E-state index in [4.69, 9.17) is 11.0 Å². The van der Waals surface area contributed by atoms with Gasteiger partial charge in [0.15, 0.2) is 0 Å². The monoisotopic (exact) mass is 225 g/mol. The van der Waals surface area contributed by atoms with Crippen LogP contribution >= 0.6 is 0 Å². The smallest absolute Gasteiger partial charge is 0.221 e. The maximum absolute atomic E-state index is 8.72. The number of nitrogens with two attached hydrogens (primary N) is 1. The van der Waals surface area contributed by atoms with Crippen molar-refractivity contribution < 1.29 is 0 Å². The van der Waals surface area contributed by atoms with Crippen molar-refractivity contribution in [1.82, 2.24) is 9.97 Å². The Balaban J connectivity index is 2.30. The molecule has 1 aromatic heterocycles. The highest BCUT2D eigenvalue weighted by molar-refractivity contribution is 5.60. The lowest BCUT2D eigenvalue weighted by atomic mass is 10.2. The average molecular weight is 225 g/mol. The van der Waals surface area contributed by atoms with Gasteiger partial charge in [-0.15, -0.1) is 0 Å². The molecule has 0 amide bonds.